The number of carboxylic acid groups (broad SMARTS) is 1. The normalized spacial score (nSPS) is 18.9. The van der Waals surface area contributed by atoms with E-state index in [4.69, 9.17) is 14.6 Å². The average Bonchev–Trinajstić information content (AvgIpc) is 3.35. The van der Waals surface area contributed by atoms with Gasteiger partial charge in [0.05, 0.1) is 24.8 Å². The van der Waals surface area contributed by atoms with Crippen LogP contribution in [0.3, 0.4) is 0 Å². The van der Waals surface area contributed by atoms with Gasteiger partial charge in [-0.1, -0.05) is 12.1 Å². The fraction of sp³-hybridized carbons (Fsp3) is 0.368. The fourth-order valence-electron chi connectivity index (χ4n) is 2.61. The van der Waals surface area contributed by atoms with E-state index in [9.17, 15) is 9.18 Å². The lowest BCUT2D eigenvalue weighted by Gasteiger charge is -2.11. The first kappa shape index (κ1) is 17.2. The number of carbonyl (C=O) groups is 1. The summed E-state index contributed by atoms with van der Waals surface area (Å²) in [6, 6.07) is 8.59. The van der Waals surface area contributed by atoms with Gasteiger partial charge in [-0.05, 0) is 38.0 Å². The molecule has 1 aliphatic rings. The van der Waals surface area contributed by atoms with Crippen LogP contribution < -0.4 is 9.47 Å². The Balaban J connectivity index is 1.67. The predicted octanol–water partition coefficient (Wildman–Crippen LogP) is 3.77. The van der Waals surface area contributed by atoms with Crippen molar-refractivity contribution in [3.63, 3.8) is 0 Å². The zero-order valence-corrected chi connectivity index (χ0v) is 14.1. The second-order valence-corrected chi connectivity index (χ2v) is 6.44. The topological polar surface area (TPSA) is 68.7 Å². The van der Waals surface area contributed by atoms with Crippen molar-refractivity contribution in [3.8, 4) is 22.8 Å². The zero-order valence-electron chi connectivity index (χ0n) is 14.1. The van der Waals surface area contributed by atoms with Crippen LogP contribution in [0.4, 0.5) is 4.39 Å². The van der Waals surface area contributed by atoms with E-state index in [-0.39, 0.29) is 17.9 Å². The molecule has 0 bridgehead atoms. The monoisotopic (exact) mass is 345 g/mol. The number of halogens is 1. The largest absolute Gasteiger partial charge is 0.493 e. The first-order chi connectivity index (χ1) is 11.9. The van der Waals surface area contributed by atoms with E-state index < -0.39 is 11.8 Å². The molecule has 6 heteroatoms. The molecule has 2 aromatic rings. The SMILES string of the molecule is CC(C)Oc1cc(-c2ccc(OCC3CC3C(=O)O)cc2)c(F)cn1. The van der Waals surface area contributed by atoms with Gasteiger partial charge in [0.2, 0.25) is 5.88 Å². The maximum absolute atomic E-state index is 14.1. The first-order valence-corrected chi connectivity index (χ1v) is 8.22. The van der Waals surface area contributed by atoms with Crippen molar-refractivity contribution in [2.75, 3.05) is 6.61 Å². The highest BCUT2D eigenvalue weighted by molar-refractivity contribution is 5.73. The molecular weight excluding hydrogens is 325 g/mol. The third-order valence-corrected chi connectivity index (χ3v) is 4.06. The molecule has 1 aromatic carbocycles. The van der Waals surface area contributed by atoms with Crippen LogP contribution >= 0.6 is 0 Å². The third-order valence-electron chi connectivity index (χ3n) is 4.06. The quantitative estimate of drug-likeness (QED) is 0.827. The molecule has 1 fully saturated rings. The summed E-state index contributed by atoms with van der Waals surface area (Å²) < 4.78 is 25.2. The number of carboxylic acids is 1. The predicted molar refractivity (Wildman–Crippen MR) is 90.1 cm³/mol. The van der Waals surface area contributed by atoms with Gasteiger partial charge in [0, 0.05) is 17.5 Å². The van der Waals surface area contributed by atoms with Crippen LogP contribution in [-0.2, 0) is 4.79 Å². The summed E-state index contributed by atoms with van der Waals surface area (Å²) >= 11 is 0. The van der Waals surface area contributed by atoms with Crippen molar-refractivity contribution in [3.05, 3.63) is 42.3 Å². The Bertz CT molecular complexity index is 761. The van der Waals surface area contributed by atoms with Gasteiger partial charge in [-0.2, -0.15) is 0 Å². The molecule has 1 saturated carbocycles. The Hall–Kier alpha value is -2.63. The molecular formula is C19H20FNO4. The molecule has 1 aliphatic carbocycles. The third kappa shape index (κ3) is 4.26. The van der Waals surface area contributed by atoms with E-state index in [1.54, 1.807) is 30.3 Å². The molecule has 2 atom stereocenters. The molecule has 0 aliphatic heterocycles. The minimum Gasteiger partial charge on any atom is -0.493 e. The van der Waals surface area contributed by atoms with Gasteiger partial charge in [0.1, 0.15) is 11.6 Å². The van der Waals surface area contributed by atoms with Crippen molar-refractivity contribution in [1.29, 1.82) is 0 Å². The van der Waals surface area contributed by atoms with E-state index in [0.29, 0.717) is 35.8 Å². The number of rotatable bonds is 7. The number of pyridine rings is 1. The minimum absolute atomic E-state index is 0.0429. The number of benzene rings is 1. The maximum atomic E-state index is 14.1. The molecule has 0 saturated heterocycles. The number of ether oxygens (including phenoxy) is 2. The highest BCUT2D eigenvalue weighted by atomic mass is 19.1. The van der Waals surface area contributed by atoms with Crippen molar-refractivity contribution < 1.29 is 23.8 Å². The summed E-state index contributed by atoms with van der Waals surface area (Å²) in [4.78, 5) is 14.7. The van der Waals surface area contributed by atoms with Gasteiger partial charge >= 0.3 is 5.97 Å². The van der Waals surface area contributed by atoms with Crippen LogP contribution in [0.2, 0.25) is 0 Å². The summed E-state index contributed by atoms with van der Waals surface area (Å²) in [5.41, 5.74) is 1.10. The summed E-state index contributed by atoms with van der Waals surface area (Å²) in [7, 11) is 0. The number of nitrogens with zero attached hydrogens (tertiary/aromatic N) is 1. The van der Waals surface area contributed by atoms with Gasteiger partial charge in [-0.25, -0.2) is 9.37 Å². The molecule has 0 radical (unpaired) electrons. The minimum atomic E-state index is -0.767. The number of aromatic nitrogens is 1. The van der Waals surface area contributed by atoms with Crippen molar-refractivity contribution >= 4 is 5.97 Å². The Labute approximate surface area is 145 Å². The fourth-order valence-corrected chi connectivity index (χ4v) is 2.61. The first-order valence-electron chi connectivity index (χ1n) is 8.22. The second kappa shape index (κ2) is 7.09. The Morgan fingerprint density at radius 2 is 2.08 bits per heavy atom. The van der Waals surface area contributed by atoms with Gasteiger partial charge < -0.3 is 14.6 Å². The van der Waals surface area contributed by atoms with Crippen molar-refractivity contribution in [1.82, 2.24) is 4.98 Å². The Kier molecular flexibility index (Phi) is 4.88. The Morgan fingerprint density at radius 3 is 2.68 bits per heavy atom. The van der Waals surface area contributed by atoms with E-state index in [0.717, 1.165) is 6.20 Å². The van der Waals surface area contributed by atoms with E-state index in [1.165, 1.54) is 0 Å². The van der Waals surface area contributed by atoms with E-state index in [1.807, 2.05) is 13.8 Å². The van der Waals surface area contributed by atoms with Crippen molar-refractivity contribution in [2.24, 2.45) is 11.8 Å². The average molecular weight is 345 g/mol. The number of hydrogen-bond acceptors (Lipinski definition) is 4. The molecule has 1 aromatic heterocycles. The molecule has 5 nitrogen and oxygen atoms in total. The van der Waals surface area contributed by atoms with Crippen LogP contribution in [0.1, 0.15) is 20.3 Å². The summed E-state index contributed by atoms with van der Waals surface area (Å²) in [5.74, 6) is -0.396. The highest BCUT2D eigenvalue weighted by Crippen LogP contribution is 2.39. The van der Waals surface area contributed by atoms with Gasteiger partial charge in [-0.15, -0.1) is 0 Å². The van der Waals surface area contributed by atoms with Crippen LogP contribution in [0.25, 0.3) is 11.1 Å². The zero-order chi connectivity index (χ0) is 18.0. The van der Waals surface area contributed by atoms with Crippen molar-refractivity contribution in [2.45, 2.75) is 26.4 Å². The molecule has 2 unspecified atom stereocenters. The van der Waals surface area contributed by atoms with Crippen LogP contribution in [-0.4, -0.2) is 28.8 Å². The number of hydrogen-bond donors (Lipinski definition) is 1. The molecule has 132 valence electrons. The van der Waals surface area contributed by atoms with E-state index in [2.05, 4.69) is 4.98 Å². The van der Waals surface area contributed by atoms with Gasteiger partial charge in [-0.3, -0.25) is 4.79 Å². The van der Waals surface area contributed by atoms with E-state index >= 15 is 0 Å². The summed E-state index contributed by atoms with van der Waals surface area (Å²) in [5, 5.41) is 8.88. The lowest BCUT2D eigenvalue weighted by Crippen LogP contribution is -2.07. The standard InChI is InChI=1S/C19H20FNO4/c1-11(2)25-18-8-15(17(20)9-21-18)12-3-5-14(6-4-12)24-10-13-7-16(13)19(22)23/h3-6,8-9,11,13,16H,7,10H2,1-2H3,(H,22,23). The summed E-state index contributed by atoms with van der Waals surface area (Å²) in [6.07, 6.45) is 1.77. The van der Waals surface area contributed by atoms with Crippen LogP contribution in [0, 0.1) is 17.7 Å². The number of aliphatic carboxylic acids is 1. The molecule has 3 rings (SSSR count). The smallest absolute Gasteiger partial charge is 0.306 e. The molecule has 1 heterocycles. The molecule has 1 N–H and O–H groups in total. The van der Waals surface area contributed by atoms with Crippen LogP contribution in [0.15, 0.2) is 36.5 Å². The molecule has 0 amide bonds. The van der Waals surface area contributed by atoms with Gasteiger partial charge in [0.25, 0.3) is 0 Å². The summed E-state index contributed by atoms with van der Waals surface area (Å²) in [6.45, 7) is 4.14. The highest BCUT2D eigenvalue weighted by Gasteiger charge is 2.43. The lowest BCUT2D eigenvalue weighted by molar-refractivity contribution is -0.138. The van der Waals surface area contributed by atoms with Gasteiger partial charge in [0.15, 0.2) is 0 Å². The van der Waals surface area contributed by atoms with Crippen LogP contribution in [0.5, 0.6) is 11.6 Å². The lowest BCUT2D eigenvalue weighted by atomic mass is 10.1. The molecule has 0 spiro atoms. The molecule has 25 heavy (non-hydrogen) atoms. The second-order valence-electron chi connectivity index (χ2n) is 6.44. The maximum Gasteiger partial charge on any atom is 0.306 e. The Morgan fingerprint density at radius 1 is 1.36 bits per heavy atom.